The molecule has 0 heterocycles. The molecule has 6 bridgehead atoms. The highest BCUT2D eigenvalue weighted by molar-refractivity contribution is 5.78. The van der Waals surface area contributed by atoms with E-state index in [2.05, 4.69) is 6.92 Å². The van der Waals surface area contributed by atoms with Crippen LogP contribution in [-0.4, -0.2) is 35.1 Å². The molecule has 1 N–H and O–H groups in total. The minimum Gasteiger partial charge on any atom is -0.458 e. The smallest absolute Gasteiger partial charge is 0.430 e. The molecule has 6 atom stereocenters. The number of fused-ring (bicyclic) bond motifs is 2. The second kappa shape index (κ2) is 7.28. The summed E-state index contributed by atoms with van der Waals surface area (Å²) >= 11 is 0. The molecule has 0 saturated heterocycles. The van der Waals surface area contributed by atoms with E-state index >= 15 is 0 Å². The number of halogens is 6. The minimum absolute atomic E-state index is 0.0112. The van der Waals surface area contributed by atoms with E-state index in [9.17, 15) is 36.2 Å². The first kappa shape index (κ1) is 24.7. The Hall–Kier alpha value is -0.990. The highest BCUT2D eigenvalue weighted by Crippen LogP contribution is 2.66. The van der Waals surface area contributed by atoms with Crippen LogP contribution in [0.4, 0.5) is 26.3 Å². The molecular formula is C25H34F6O3. The standard InChI is InChI=1S/C25H34F6O3/c1-12-13(2)18-7-17(12)11-21(18,3)20(32)34-19(23(33,24(26,27)28)25(29,30)31)22-8-14-4-15(9-22)6-16(5-14)10-22/h12-19,33H,4-11H2,1-3H3. The summed E-state index contributed by atoms with van der Waals surface area (Å²) in [7, 11) is 0. The molecule has 0 aromatic heterocycles. The third kappa shape index (κ3) is 3.23. The molecule has 3 nitrogen and oxygen atoms in total. The lowest BCUT2D eigenvalue weighted by atomic mass is 9.46. The summed E-state index contributed by atoms with van der Waals surface area (Å²) in [6, 6.07) is 0. The van der Waals surface area contributed by atoms with Crippen LogP contribution in [0.2, 0.25) is 0 Å². The van der Waals surface area contributed by atoms with E-state index in [1.165, 1.54) is 0 Å². The molecule has 6 rings (SSSR count). The fraction of sp³-hybridized carbons (Fsp3) is 0.960. The molecule has 194 valence electrons. The number of esters is 1. The molecule has 0 spiro atoms. The van der Waals surface area contributed by atoms with E-state index in [1.807, 2.05) is 6.92 Å². The summed E-state index contributed by atoms with van der Waals surface area (Å²) in [5, 5.41) is 10.6. The van der Waals surface area contributed by atoms with Gasteiger partial charge in [0.15, 0.2) is 6.10 Å². The van der Waals surface area contributed by atoms with E-state index in [0.717, 1.165) is 25.7 Å². The zero-order valence-electron chi connectivity index (χ0n) is 19.8. The van der Waals surface area contributed by atoms with Gasteiger partial charge in [-0.3, -0.25) is 4.79 Å². The van der Waals surface area contributed by atoms with Crippen LogP contribution >= 0.6 is 0 Å². The number of alkyl halides is 6. The third-order valence-electron chi connectivity index (χ3n) is 10.8. The molecule has 6 unspecified atom stereocenters. The largest absolute Gasteiger partial charge is 0.458 e. The van der Waals surface area contributed by atoms with E-state index in [4.69, 9.17) is 4.74 Å². The first-order chi connectivity index (χ1) is 15.5. The molecule has 0 aromatic carbocycles. The zero-order chi connectivity index (χ0) is 25.1. The molecule has 0 aliphatic heterocycles. The topological polar surface area (TPSA) is 46.5 Å². The van der Waals surface area contributed by atoms with Gasteiger partial charge in [-0.2, -0.15) is 26.3 Å². The fourth-order valence-electron chi connectivity index (χ4n) is 9.44. The van der Waals surface area contributed by atoms with Crippen molar-refractivity contribution in [2.45, 2.75) is 96.2 Å². The van der Waals surface area contributed by atoms with Crippen molar-refractivity contribution < 1.29 is 41.0 Å². The highest BCUT2D eigenvalue weighted by atomic mass is 19.4. The molecule has 0 radical (unpaired) electrons. The average molecular weight is 497 g/mol. The third-order valence-corrected chi connectivity index (χ3v) is 10.8. The number of rotatable bonds is 4. The highest BCUT2D eigenvalue weighted by Gasteiger charge is 2.80. The van der Waals surface area contributed by atoms with Gasteiger partial charge in [0.2, 0.25) is 0 Å². The van der Waals surface area contributed by atoms with Crippen molar-refractivity contribution in [3.8, 4) is 0 Å². The minimum atomic E-state index is -6.03. The number of hydrogen-bond donors (Lipinski definition) is 1. The molecule has 6 aliphatic carbocycles. The van der Waals surface area contributed by atoms with E-state index < -0.39 is 40.9 Å². The normalized spacial score (nSPS) is 46.7. The van der Waals surface area contributed by atoms with Crippen molar-refractivity contribution >= 4 is 5.97 Å². The van der Waals surface area contributed by atoms with Crippen molar-refractivity contribution in [2.24, 2.45) is 52.3 Å². The van der Waals surface area contributed by atoms with Gasteiger partial charge in [0, 0.05) is 5.41 Å². The van der Waals surface area contributed by atoms with Gasteiger partial charge in [-0.15, -0.1) is 0 Å². The maximum Gasteiger partial charge on any atom is 0.430 e. The summed E-state index contributed by atoms with van der Waals surface area (Å²) < 4.78 is 90.4. The molecule has 6 saturated carbocycles. The van der Waals surface area contributed by atoms with Crippen molar-refractivity contribution in [2.75, 3.05) is 0 Å². The second-order valence-corrected chi connectivity index (χ2v) is 12.8. The van der Waals surface area contributed by atoms with Crippen LogP contribution in [0.15, 0.2) is 0 Å². The molecule has 6 aliphatic rings. The van der Waals surface area contributed by atoms with E-state index in [1.54, 1.807) is 6.92 Å². The van der Waals surface area contributed by atoms with Crippen LogP contribution in [0.1, 0.15) is 72.1 Å². The lowest BCUT2D eigenvalue weighted by Crippen LogP contribution is -2.71. The van der Waals surface area contributed by atoms with Gasteiger partial charge in [0.05, 0.1) is 5.41 Å². The van der Waals surface area contributed by atoms with Gasteiger partial charge in [0.25, 0.3) is 5.60 Å². The zero-order valence-corrected chi connectivity index (χ0v) is 19.8. The van der Waals surface area contributed by atoms with Gasteiger partial charge in [-0.25, -0.2) is 0 Å². The fourth-order valence-corrected chi connectivity index (χ4v) is 9.44. The molecule has 0 amide bonds. The predicted octanol–water partition coefficient (Wildman–Crippen LogP) is 6.29. The van der Waals surface area contributed by atoms with E-state index in [-0.39, 0.29) is 54.8 Å². The number of ether oxygens (including phenoxy) is 1. The van der Waals surface area contributed by atoms with Crippen LogP contribution in [0, 0.1) is 52.3 Å². The van der Waals surface area contributed by atoms with Gasteiger partial charge in [-0.05, 0) is 99.7 Å². The van der Waals surface area contributed by atoms with Crippen molar-refractivity contribution in [3.63, 3.8) is 0 Å². The van der Waals surface area contributed by atoms with Crippen molar-refractivity contribution in [1.29, 1.82) is 0 Å². The number of carbonyl (C=O) groups excluding carboxylic acids is 1. The molecule has 9 heteroatoms. The average Bonchev–Trinajstić information content (AvgIpc) is 3.18. The van der Waals surface area contributed by atoms with Gasteiger partial charge in [-0.1, -0.05) is 13.8 Å². The van der Waals surface area contributed by atoms with Crippen molar-refractivity contribution in [1.82, 2.24) is 0 Å². The summed E-state index contributed by atoms with van der Waals surface area (Å²) in [5.74, 6) is -0.468. The van der Waals surface area contributed by atoms with Crippen LogP contribution in [-0.2, 0) is 9.53 Å². The summed E-state index contributed by atoms with van der Waals surface area (Å²) in [6.45, 7) is 5.68. The lowest BCUT2D eigenvalue weighted by molar-refractivity contribution is -0.407. The Morgan fingerprint density at radius 2 is 1.32 bits per heavy atom. The van der Waals surface area contributed by atoms with E-state index in [0.29, 0.717) is 12.3 Å². The van der Waals surface area contributed by atoms with Crippen LogP contribution in [0.25, 0.3) is 0 Å². The number of carbonyl (C=O) groups is 1. The van der Waals surface area contributed by atoms with Gasteiger partial charge >= 0.3 is 18.3 Å². The SMILES string of the molecule is CC1C2CC(C1C)C(C)(C(=O)OC(C13CC4CC(CC(C4)C1)C3)C(O)(C(F)(F)F)C(F)(F)F)C2. The lowest BCUT2D eigenvalue weighted by Gasteiger charge is -2.61. The second-order valence-electron chi connectivity index (χ2n) is 12.8. The van der Waals surface area contributed by atoms with Crippen LogP contribution in [0.3, 0.4) is 0 Å². The Kier molecular flexibility index (Phi) is 5.29. The maximum atomic E-state index is 14.2. The Labute approximate surface area is 196 Å². The van der Waals surface area contributed by atoms with Crippen LogP contribution in [0.5, 0.6) is 0 Å². The van der Waals surface area contributed by atoms with Gasteiger partial charge in [0.1, 0.15) is 0 Å². The van der Waals surface area contributed by atoms with Crippen molar-refractivity contribution in [3.05, 3.63) is 0 Å². The molecule has 34 heavy (non-hydrogen) atoms. The maximum absolute atomic E-state index is 14.2. The van der Waals surface area contributed by atoms with Crippen LogP contribution < -0.4 is 0 Å². The number of hydrogen-bond acceptors (Lipinski definition) is 3. The number of aliphatic hydroxyl groups is 1. The Balaban J connectivity index is 1.55. The summed E-state index contributed by atoms with van der Waals surface area (Å²) in [6.07, 6.45) is -10.9. The molecule has 6 fully saturated rings. The molecular weight excluding hydrogens is 462 g/mol. The summed E-state index contributed by atoms with van der Waals surface area (Å²) in [5.41, 5.74) is -7.76. The first-order valence-electron chi connectivity index (χ1n) is 12.6. The first-order valence-corrected chi connectivity index (χ1v) is 12.6. The molecule has 0 aromatic rings. The predicted molar refractivity (Wildman–Crippen MR) is 110 cm³/mol. The van der Waals surface area contributed by atoms with Gasteiger partial charge < -0.3 is 9.84 Å². The quantitative estimate of drug-likeness (QED) is 0.368. The monoisotopic (exact) mass is 496 g/mol. The Bertz CT molecular complexity index is 799. The Morgan fingerprint density at radius 3 is 1.71 bits per heavy atom. The summed E-state index contributed by atoms with van der Waals surface area (Å²) in [4.78, 5) is 13.5. The Morgan fingerprint density at radius 1 is 0.853 bits per heavy atom.